The number of hydrogen-bond acceptors (Lipinski definition) is 6. The Bertz CT molecular complexity index is 737. The molecule has 10 heteroatoms. The van der Waals surface area contributed by atoms with Gasteiger partial charge in [0.1, 0.15) is 12.6 Å². The summed E-state index contributed by atoms with van der Waals surface area (Å²) in [7, 11) is -3.96. The zero-order chi connectivity index (χ0) is 23.6. The van der Waals surface area contributed by atoms with Crippen LogP contribution in [-0.4, -0.2) is 47.0 Å². The first kappa shape index (κ1) is 27.1. The summed E-state index contributed by atoms with van der Waals surface area (Å²) in [5, 5.41) is 15.4. The maximum absolute atomic E-state index is 12.9. The first-order chi connectivity index (χ1) is 14.4. The van der Waals surface area contributed by atoms with Gasteiger partial charge in [-0.3, -0.25) is 13.9 Å². The minimum Gasteiger partial charge on any atom is -0.445 e. The van der Waals surface area contributed by atoms with Crippen LogP contribution in [0.2, 0.25) is 0 Å². The van der Waals surface area contributed by atoms with Crippen LogP contribution in [-0.2, 0) is 25.2 Å². The molecule has 0 aliphatic rings. The maximum atomic E-state index is 12.9. The summed E-state index contributed by atoms with van der Waals surface area (Å²) in [4.78, 5) is 34.5. The molecule has 31 heavy (non-hydrogen) atoms. The molecule has 0 aliphatic heterocycles. The fraction of sp³-hybridized carbons (Fsp3) is 0.619. The Balaban J connectivity index is 2.80. The highest BCUT2D eigenvalue weighted by Crippen LogP contribution is 2.38. The van der Waals surface area contributed by atoms with E-state index in [9.17, 15) is 24.2 Å². The van der Waals surface area contributed by atoms with Gasteiger partial charge in [-0.1, -0.05) is 58.0 Å². The largest absolute Gasteiger partial charge is 0.445 e. The van der Waals surface area contributed by atoms with Gasteiger partial charge < -0.3 is 25.4 Å². The van der Waals surface area contributed by atoms with Gasteiger partial charge in [-0.05, 0) is 30.2 Å². The Morgan fingerprint density at radius 2 is 1.61 bits per heavy atom. The smallest absolute Gasteiger partial charge is 0.408 e. The number of amides is 2. The zero-order valence-electron chi connectivity index (χ0n) is 18.8. The molecule has 4 atom stereocenters. The van der Waals surface area contributed by atoms with Crippen LogP contribution in [0.15, 0.2) is 30.3 Å². The summed E-state index contributed by atoms with van der Waals surface area (Å²) < 4.78 is 21.5. The summed E-state index contributed by atoms with van der Waals surface area (Å²) >= 11 is 0. The lowest BCUT2D eigenvalue weighted by atomic mass is 10.0. The summed E-state index contributed by atoms with van der Waals surface area (Å²) in [5.41, 5.74) is 0.813. The van der Waals surface area contributed by atoms with Crippen molar-refractivity contribution in [3.05, 3.63) is 35.9 Å². The van der Waals surface area contributed by atoms with E-state index in [0.29, 0.717) is 12.8 Å². The van der Waals surface area contributed by atoms with E-state index in [0.717, 1.165) is 12.2 Å². The van der Waals surface area contributed by atoms with Crippen molar-refractivity contribution in [3.63, 3.8) is 0 Å². The lowest BCUT2D eigenvalue weighted by molar-refractivity contribution is -0.128. The average Bonchev–Trinajstić information content (AvgIpc) is 2.64. The summed E-state index contributed by atoms with van der Waals surface area (Å²) in [6.45, 7) is 8.58. The second-order valence-corrected chi connectivity index (χ2v) is 10.2. The van der Waals surface area contributed by atoms with Gasteiger partial charge in [0.15, 0.2) is 6.29 Å². The number of nitrogens with one attached hydrogen (secondary N) is 2. The molecule has 176 valence electrons. The lowest BCUT2D eigenvalue weighted by Gasteiger charge is -2.28. The van der Waals surface area contributed by atoms with Crippen LogP contribution in [0.25, 0.3) is 0 Å². The van der Waals surface area contributed by atoms with Crippen LogP contribution in [0.3, 0.4) is 0 Å². The Hall–Kier alpha value is -1.93. The molecule has 0 heterocycles. The third kappa shape index (κ3) is 11.9. The third-order valence-corrected chi connectivity index (χ3v) is 4.84. The van der Waals surface area contributed by atoms with Gasteiger partial charge >= 0.3 is 13.7 Å². The highest BCUT2D eigenvalue weighted by atomic mass is 31.2. The predicted molar refractivity (Wildman–Crippen MR) is 117 cm³/mol. The monoisotopic (exact) mass is 458 g/mol. The van der Waals surface area contributed by atoms with Crippen molar-refractivity contribution in [3.8, 4) is 0 Å². The van der Waals surface area contributed by atoms with E-state index in [1.54, 1.807) is 0 Å². The second kappa shape index (κ2) is 12.8. The molecule has 2 amide bonds. The first-order valence-corrected chi connectivity index (χ1v) is 12.3. The molecule has 1 unspecified atom stereocenters. The Kier molecular flexibility index (Phi) is 11.2. The van der Waals surface area contributed by atoms with Gasteiger partial charge in [0.2, 0.25) is 5.91 Å². The molecule has 1 rings (SSSR count). The highest BCUT2D eigenvalue weighted by Gasteiger charge is 2.31. The van der Waals surface area contributed by atoms with Gasteiger partial charge in [-0.2, -0.15) is 0 Å². The first-order valence-electron chi connectivity index (χ1n) is 10.3. The standard InChI is InChI=1S/C21H35N2O7P/c1-14(2)11-17(23-21(26)29-13-16-9-7-6-8-10-16)19(24)22-18(12-15(3)4)20(25)30-31(5,27)28/h6-10,14-15,17-18,20,25H,11-13H2,1-5H3,(H,22,24)(H,23,26)(H,27,28)/t17-,18+,20-/m0/s1. The highest BCUT2D eigenvalue weighted by molar-refractivity contribution is 7.51. The average molecular weight is 458 g/mol. The van der Waals surface area contributed by atoms with Gasteiger partial charge in [-0.25, -0.2) is 4.79 Å². The number of carbonyl (C=O) groups is 2. The van der Waals surface area contributed by atoms with Gasteiger partial charge in [0, 0.05) is 6.66 Å². The topological polar surface area (TPSA) is 134 Å². The van der Waals surface area contributed by atoms with Crippen LogP contribution in [0.5, 0.6) is 0 Å². The molecule has 0 radical (unpaired) electrons. The third-order valence-electron chi connectivity index (χ3n) is 4.23. The molecule has 4 N–H and O–H groups in total. The number of ether oxygens (including phenoxy) is 1. The Labute approximate surface area is 184 Å². The number of rotatable bonds is 12. The fourth-order valence-electron chi connectivity index (χ4n) is 2.92. The van der Waals surface area contributed by atoms with Gasteiger partial charge in [-0.15, -0.1) is 0 Å². The van der Waals surface area contributed by atoms with E-state index in [1.165, 1.54) is 0 Å². The minimum atomic E-state index is -3.96. The molecular formula is C21H35N2O7P. The van der Waals surface area contributed by atoms with E-state index in [1.807, 2.05) is 58.0 Å². The van der Waals surface area contributed by atoms with Crippen LogP contribution >= 0.6 is 7.60 Å². The van der Waals surface area contributed by atoms with E-state index in [2.05, 4.69) is 10.6 Å². The van der Waals surface area contributed by atoms with Gasteiger partial charge in [0.05, 0.1) is 6.04 Å². The number of aliphatic hydroxyl groups excluding tert-OH is 1. The van der Waals surface area contributed by atoms with Crippen LogP contribution in [0.4, 0.5) is 4.79 Å². The molecule has 1 aromatic rings. The molecule has 0 aromatic heterocycles. The van der Waals surface area contributed by atoms with E-state index < -0.39 is 38.0 Å². The van der Waals surface area contributed by atoms with Crippen molar-refractivity contribution in [2.24, 2.45) is 11.8 Å². The van der Waals surface area contributed by atoms with Crippen molar-refractivity contribution in [2.45, 2.75) is 65.5 Å². The molecule has 1 aromatic carbocycles. The maximum Gasteiger partial charge on any atom is 0.408 e. The second-order valence-electron chi connectivity index (χ2n) is 8.43. The van der Waals surface area contributed by atoms with Crippen molar-refractivity contribution in [1.29, 1.82) is 0 Å². The van der Waals surface area contributed by atoms with E-state index in [-0.39, 0.29) is 18.4 Å². The number of hydrogen-bond donors (Lipinski definition) is 4. The fourth-order valence-corrected chi connectivity index (χ4v) is 3.47. The van der Waals surface area contributed by atoms with Gasteiger partial charge in [0.25, 0.3) is 0 Å². The molecule has 0 saturated carbocycles. The molecule has 0 aliphatic carbocycles. The number of benzene rings is 1. The van der Waals surface area contributed by atoms with Crippen molar-refractivity contribution in [1.82, 2.24) is 10.6 Å². The summed E-state index contributed by atoms with van der Waals surface area (Å²) in [5.74, 6) is -0.392. The van der Waals surface area contributed by atoms with Crippen LogP contribution in [0.1, 0.15) is 46.1 Å². The molecule has 0 saturated heterocycles. The molecule has 9 nitrogen and oxygen atoms in total. The van der Waals surface area contributed by atoms with Crippen molar-refractivity contribution in [2.75, 3.05) is 6.66 Å². The zero-order valence-corrected chi connectivity index (χ0v) is 19.7. The van der Waals surface area contributed by atoms with E-state index in [4.69, 9.17) is 9.26 Å². The summed E-state index contributed by atoms with van der Waals surface area (Å²) in [6.07, 6.45) is -1.77. The summed E-state index contributed by atoms with van der Waals surface area (Å²) in [6, 6.07) is 7.31. The Morgan fingerprint density at radius 1 is 1.03 bits per heavy atom. The number of aliphatic hydroxyl groups is 1. The molecule has 0 bridgehead atoms. The number of carbonyl (C=O) groups excluding carboxylic acids is 2. The normalized spacial score (nSPS) is 16.3. The van der Waals surface area contributed by atoms with Crippen LogP contribution < -0.4 is 10.6 Å². The van der Waals surface area contributed by atoms with Crippen molar-refractivity contribution < 1.29 is 33.4 Å². The van der Waals surface area contributed by atoms with Crippen LogP contribution in [0, 0.1) is 11.8 Å². The SMILES string of the molecule is CC(C)C[C@H](NC(=O)OCc1ccccc1)C(=O)N[C@H](CC(C)C)[C@@H](O)OP(C)(=O)O. The van der Waals surface area contributed by atoms with E-state index >= 15 is 0 Å². The minimum absolute atomic E-state index is 0.0610. The molecule has 0 spiro atoms. The number of alkyl carbamates (subject to hydrolysis) is 1. The molecule has 0 fully saturated rings. The Morgan fingerprint density at radius 3 is 2.13 bits per heavy atom. The lowest BCUT2D eigenvalue weighted by Crippen LogP contribution is -2.53. The van der Waals surface area contributed by atoms with Crippen molar-refractivity contribution >= 4 is 19.6 Å². The quantitative estimate of drug-likeness (QED) is 0.279. The predicted octanol–water partition coefficient (Wildman–Crippen LogP) is 3.01. The molecular weight excluding hydrogens is 423 g/mol.